The van der Waals surface area contributed by atoms with Gasteiger partial charge in [-0.15, -0.1) is 0 Å². The van der Waals surface area contributed by atoms with Crippen LogP contribution in [0.5, 0.6) is 0 Å². The highest BCUT2D eigenvalue weighted by Crippen LogP contribution is 2.31. The van der Waals surface area contributed by atoms with Gasteiger partial charge in [0.25, 0.3) is 0 Å². The van der Waals surface area contributed by atoms with Crippen LogP contribution in [0.4, 0.5) is 24.7 Å². The normalized spacial score (nSPS) is 16.9. The Morgan fingerprint density at radius 2 is 2.08 bits per heavy atom. The van der Waals surface area contributed by atoms with Gasteiger partial charge in [0, 0.05) is 18.3 Å². The Labute approximate surface area is 145 Å². The van der Waals surface area contributed by atoms with E-state index in [0.717, 1.165) is 12.1 Å². The summed E-state index contributed by atoms with van der Waals surface area (Å²) < 4.78 is 48.3. The zero-order valence-electron chi connectivity index (χ0n) is 13.2. The predicted molar refractivity (Wildman–Crippen MR) is 83.7 cm³/mol. The van der Waals surface area contributed by atoms with Crippen molar-refractivity contribution in [2.75, 3.05) is 11.9 Å². The average Bonchev–Trinajstić information content (AvgIpc) is 2.99. The van der Waals surface area contributed by atoms with E-state index in [1.807, 2.05) is 0 Å². The fourth-order valence-corrected chi connectivity index (χ4v) is 2.36. The maximum Gasteiger partial charge on any atom is 0.416 e. The second-order valence-corrected chi connectivity index (χ2v) is 5.45. The molecule has 9 heteroatoms. The van der Waals surface area contributed by atoms with E-state index in [-0.39, 0.29) is 30.1 Å². The number of benzene rings is 1. The van der Waals surface area contributed by atoms with Gasteiger partial charge in [0.2, 0.25) is 6.10 Å². The number of carbonyl (C=O) groups excluding carboxylic acids is 2. The van der Waals surface area contributed by atoms with Gasteiger partial charge in [-0.1, -0.05) is 6.07 Å². The number of hydrogen-bond acceptors (Lipinski definition) is 6. The van der Waals surface area contributed by atoms with E-state index in [0.29, 0.717) is 0 Å². The van der Waals surface area contributed by atoms with Gasteiger partial charge in [-0.2, -0.15) is 13.2 Å². The highest BCUT2D eigenvalue weighted by molar-refractivity contribution is 5.96. The maximum atomic E-state index is 12.8. The van der Waals surface area contributed by atoms with Gasteiger partial charge in [-0.25, -0.2) is 14.6 Å². The SMILES string of the molecule is O=C(O[C@@H]1CCOC1=O)c1cccnc1Nc1cccc(C(F)(F)F)c1. The quantitative estimate of drug-likeness (QED) is 0.837. The molecule has 1 atom stereocenters. The molecule has 1 saturated heterocycles. The summed E-state index contributed by atoms with van der Waals surface area (Å²) in [6.07, 6.45) is -3.87. The molecule has 0 aliphatic carbocycles. The molecule has 6 nitrogen and oxygen atoms in total. The number of anilines is 2. The van der Waals surface area contributed by atoms with Gasteiger partial charge in [0.15, 0.2) is 0 Å². The topological polar surface area (TPSA) is 77.5 Å². The Bertz CT molecular complexity index is 839. The van der Waals surface area contributed by atoms with Crippen molar-refractivity contribution >= 4 is 23.4 Å². The molecule has 1 aromatic heterocycles. The molecule has 0 spiro atoms. The molecule has 1 aromatic carbocycles. The Hall–Kier alpha value is -3.10. The number of halogens is 3. The Kier molecular flexibility index (Phi) is 4.79. The van der Waals surface area contributed by atoms with Crippen LogP contribution in [0.3, 0.4) is 0 Å². The molecule has 0 amide bonds. The fraction of sp³-hybridized carbons (Fsp3) is 0.235. The Morgan fingerprint density at radius 3 is 2.77 bits per heavy atom. The fourth-order valence-electron chi connectivity index (χ4n) is 2.36. The molecule has 0 radical (unpaired) electrons. The molecule has 1 aliphatic heterocycles. The van der Waals surface area contributed by atoms with Crippen molar-refractivity contribution in [3.8, 4) is 0 Å². The maximum absolute atomic E-state index is 12.8. The van der Waals surface area contributed by atoms with E-state index < -0.39 is 29.8 Å². The molecule has 2 heterocycles. The van der Waals surface area contributed by atoms with Crippen molar-refractivity contribution in [1.29, 1.82) is 0 Å². The summed E-state index contributed by atoms with van der Waals surface area (Å²) in [7, 11) is 0. The van der Waals surface area contributed by atoms with Crippen LogP contribution in [0, 0.1) is 0 Å². The van der Waals surface area contributed by atoms with E-state index in [1.54, 1.807) is 0 Å². The molecule has 2 aromatic rings. The molecule has 0 unspecified atom stereocenters. The largest absolute Gasteiger partial charge is 0.463 e. The van der Waals surface area contributed by atoms with Crippen LogP contribution in [0.25, 0.3) is 0 Å². The minimum Gasteiger partial charge on any atom is -0.463 e. The van der Waals surface area contributed by atoms with Gasteiger partial charge < -0.3 is 14.8 Å². The molecule has 0 saturated carbocycles. The molecule has 3 rings (SSSR count). The van der Waals surface area contributed by atoms with Crippen LogP contribution in [0.15, 0.2) is 42.6 Å². The lowest BCUT2D eigenvalue weighted by atomic mass is 10.2. The van der Waals surface area contributed by atoms with Crippen molar-refractivity contribution < 1.29 is 32.2 Å². The van der Waals surface area contributed by atoms with E-state index >= 15 is 0 Å². The first-order valence-corrected chi connectivity index (χ1v) is 7.61. The molecule has 0 bridgehead atoms. The number of nitrogens with zero attached hydrogens (tertiary/aromatic N) is 1. The van der Waals surface area contributed by atoms with E-state index in [2.05, 4.69) is 10.3 Å². The molecule has 1 aliphatic rings. The van der Waals surface area contributed by atoms with Crippen molar-refractivity contribution in [3.05, 3.63) is 53.7 Å². The number of pyridine rings is 1. The molecule has 1 fully saturated rings. The second-order valence-electron chi connectivity index (χ2n) is 5.45. The smallest absolute Gasteiger partial charge is 0.416 e. The van der Waals surface area contributed by atoms with Gasteiger partial charge >= 0.3 is 18.1 Å². The van der Waals surface area contributed by atoms with Crippen LogP contribution in [0.2, 0.25) is 0 Å². The Balaban J connectivity index is 1.81. The van der Waals surface area contributed by atoms with Gasteiger partial charge in [0.1, 0.15) is 11.4 Å². The second kappa shape index (κ2) is 7.03. The molecular weight excluding hydrogens is 353 g/mol. The summed E-state index contributed by atoms with van der Waals surface area (Å²) >= 11 is 0. The van der Waals surface area contributed by atoms with Gasteiger partial charge in [-0.05, 0) is 30.3 Å². The number of ether oxygens (including phenoxy) is 2. The molecule has 1 N–H and O–H groups in total. The van der Waals surface area contributed by atoms with Crippen molar-refractivity contribution in [3.63, 3.8) is 0 Å². The van der Waals surface area contributed by atoms with Gasteiger partial charge in [0.05, 0.1) is 12.2 Å². The van der Waals surface area contributed by atoms with Gasteiger partial charge in [-0.3, -0.25) is 0 Å². The first-order chi connectivity index (χ1) is 12.3. The minimum absolute atomic E-state index is 0.00962. The lowest BCUT2D eigenvalue weighted by Gasteiger charge is -2.13. The highest BCUT2D eigenvalue weighted by atomic mass is 19.4. The first-order valence-electron chi connectivity index (χ1n) is 7.61. The van der Waals surface area contributed by atoms with E-state index in [9.17, 15) is 22.8 Å². The first kappa shape index (κ1) is 17.7. The zero-order valence-corrected chi connectivity index (χ0v) is 13.2. The number of carbonyl (C=O) groups is 2. The number of nitrogens with one attached hydrogen (secondary N) is 1. The zero-order chi connectivity index (χ0) is 18.7. The summed E-state index contributed by atoms with van der Waals surface area (Å²) in [5, 5.41) is 2.67. The van der Waals surface area contributed by atoms with E-state index in [1.165, 1.54) is 30.5 Å². The number of rotatable bonds is 4. The molecular formula is C17H13F3N2O4. The number of alkyl halides is 3. The molecule has 136 valence electrons. The molecule has 26 heavy (non-hydrogen) atoms. The Morgan fingerprint density at radius 1 is 1.27 bits per heavy atom. The van der Waals surface area contributed by atoms with Crippen LogP contribution in [-0.4, -0.2) is 29.6 Å². The number of aromatic nitrogens is 1. The van der Waals surface area contributed by atoms with Crippen LogP contribution in [-0.2, 0) is 20.4 Å². The summed E-state index contributed by atoms with van der Waals surface area (Å²) in [4.78, 5) is 27.7. The third kappa shape index (κ3) is 3.93. The monoisotopic (exact) mass is 366 g/mol. The third-order valence-electron chi connectivity index (χ3n) is 3.62. The summed E-state index contributed by atoms with van der Waals surface area (Å²) in [6, 6.07) is 7.35. The summed E-state index contributed by atoms with van der Waals surface area (Å²) in [5.74, 6) is -1.44. The van der Waals surface area contributed by atoms with E-state index in [4.69, 9.17) is 9.47 Å². The predicted octanol–water partition coefficient (Wildman–Crippen LogP) is 3.32. The summed E-state index contributed by atoms with van der Waals surface area (Å²) in [5.41, 5.74) is -0.742. The van der Waals surface area contributed by atoms with Crippen molar-refractivity contribution in [2.24, 2.45) is 0 Å². The standard InChI is InChI=1S/C17H13F3N2O4/c18-17(19,20)10-3-1-4-11(9-10)22-14-12(5-2-7-21-14)15(23)26-13-6-8-25-16(13)24/h1-5,7,9,13H,6,8H2,(H,21,22)/t13-/m1/s1. The third-order valence-corrected chi connectivity index (χ3v) is 3.62. The average molecular weight is 366 g/mol. The number of cyclic esters (lactones) is 1. The van der Waals surface area contributed by atoms with Crippen molar-refractivity contribution in [1.82, 2.24) is 4.98 Å². The lowest BCUT2D eigenvalue weighted by Crippen LogP contribution is -2.23. The van der Waals surface area contributed by atoms with Crippen LogP contribution in [0.1, 0.15) is 22.3 Å². The summed E-state index contributed by atoms with van der Waals surface area (Å²) in [6.45, 7) is 0.166. The number of hydrogen-bond donors (Lipinski definition) is 1. The minimum atomic E-state index is -4.49. The number of esters is 2. The van der Waals surface area contributed by atoms with Crippen LogP contribution >= 0.6 is 0 Å². The highest BCUT2D eigenvalue weighted by Gasteiger charge is 2.32. The van der Waals surface area contributed by atoms with Crippen molar-refractivity contribution in [2.45, 2.75) is 18.7 Å². The lowest BCUT2D eigenvalue weighted by molar-refractivity contribution is -0.145. The van der Waals surface area contributed by atoms with Crippen LogP contribution < -0.4 is 5.32 Å².